The van der Waals surface area contributed by atoms with E-state index in [1.165, 1.54) is 0 Å². The smallest absolute Gasteiger partial charge is 0.267 e. The number of hydrogen-bond donors (Lipinski definition) is 0. The van der Waals surface area contributed by atoms with E-state index in [1.54, 1.807) is 10.8 Å². The number of para-hydroxylation sites is 1. The minimum atomic E-state index is -0.0459. The Morgan fingerprint density at radius 3 is 2.29 bits per heavy atom. The highest BCUT2D eigenvalue weighted by Gasteiger charge is 2.15. The van der Waals surface area contributed by atoms with Crippen LogP contribution in [0, 0.1) is 20.8 Å². The Labute approximate surface area is 143 Å². The van der Waals surface area contributed by atoms with Crippen LogP contribution in [-0.2, 0) is 6.42 Å². The molecule has 0 radical (unpaired) electrons. The van der Waals surface area contributed by atoms with Gasteiger partial charge in [-0.05, 0) is 43.5 Å². The van der Waals surface area contributed by atoms with Crippen molar-refractivity contribution in [2.45, 2.75) is 48.0 Å². The van der Waals surface area contributed by atoms with E-state index in [0.29, 0.717) is 17.5 Å². The van der Waals surface area contributed by atoms with Gasteiger partial charge in [-0.3, -0.25) is 9.36 Å². The molecule has 2 heterocycles. The highest BCUT2D eigenvalue weighted by molar-refractivity contribution is 5.74. The van der Waals surface area contributed by atoms with Gasteiger partial charge in [0.15, 0.2) is 5.65 Å². The van der Waals surface area contributed by atoms with Gasteiger partial charge in [-0.1, -0.05) is 39.0 Å². The number of fused-ring (bicyclic) bond motifs is 1. The first-order chi connectivity index (χ1) is 11.5. The molecule has 0 spiro atoms. The molecule has 0 aliphatic rings. The molecule has 0 aliphatic heterocycles. The summed E-state index contributed by atoms with van der Waals surface area (Å²) in [5.41, 5.74) is 4.51. The summed E-state index contributed by atoms with van der Waals surface area (Å²) in [6.07, 6.45) is 2.42. The van der Waals surface area contributed by atoms with E-state index in [2.05, 4.69) is 9.97 Å². The van der Waals surface area contributed by atoms with E-state index >= 15 is 0 Å². The van der Waals surface area contributed by atoms with Crippen LogP contribution in [0.4, 0.5) is 0 Å². The first kappa shape index (κ1) is 17.9. The van der Waals surface area contributed by atoms with Crippen LogP contribution < -0.4 is 5.56 Å². The maximum absolute atomic E-state index is 13.0. The number of rotatable bonds is 2. The fourth-order valence-electron chi connectivity index (χ4n) is 2.84. The lowest BCUT2D eigenvalue weighted by molar-refractivity contribution is 0.820. The van der Waals surface area contributed by atoms with Crippen molar-refractivity contribution in [3.05, 3.63) is 63.3 Å². The minimum Gasteiger partial charge on any atom is -0.268 e. The molecule has 0 amide bonds. The molecule has 0 N–H and O–H groups in total. The van der Waals surface area contributed by atoms with Gasteiger partial charge in [-0.15, -0.1) is 0 Å². The van der Waals surface area contributed by atoms with E-state index in [1.807, 2.05) is 65.8 Å². The highest BCUT2D eigenvalue weighted by atomic mass is 16.1. The van der Waals surface area contributed by atoms with Crippen molar-refractivity contribution in [1.82, 2.24) is 14.5 Å². The molecule has 0 aliphatic carbocycles. The zero-order chi connectivity index (χ0) is 17.9. The second-order valence-electron chi connectivity index (χ2n) is 5.65. The van der Waals surface area contributed by atoms with Crippen molar-refractivity contribution in [1.29, 1.82) is 0 Å². The van der Waals surface area contributed by atoms with Crippen molar-refractivity contribution in [2.75, 3.05) is 0 Å². The van der Waals surface area contributed by atoms with E-state index in [0.717, 1.165) is 28.2 Å². The Hall–Kier alpha value is -2.49. The molecule has 2 aromatic heterocycles. The number of pyridine rings is 1. The van der Waals surface area contributed by atoms with Crippen LogP contribution >= 0.6 is 0 Å². The number of benzene rings is 1. The Morgan fingerprint density at radius 2 is 1.71 bits per heavy atom. The predicted molar refractivity (Wildman–Crippen MR) is 100 cm³/mol. The van der Waals surface area contributed by atoms with Gasteiger partial charge in [0.2, 0.25) is 0 Å². The molecule has 0 bridgehead atoms. The maximum atomic E-state index is 13.0. The van der Waals surface area contributed by atoms with E-state index < -0.39 is 0 Å². The molecule has 0 unspecified atom stereocenters. The molecule has 4 heteroatoms. The Morgan fingerprint density at radius 1 is 1.08 bits per heavy atom. The van der Waals surface area contributed by atoms with Gasteiger partial charge < -0.3 is 0 Å². The van der Waals surface area contributed by atoms with Gasteiger partial charge in [0.25, 0.3) is 5.56 Å². The zero-order valence-electron chi connectivity index (χ0n) is 15.3. The van der Waals surface area contributed by atoms with Crippen molar-refractivity contribution in [3.8, 4) is 5.69 Å². The largest absolute Gasteiger partial charge is 0.268 e. The Bertz CT molecular complexity index is 906. The van der Waals surface area contributed by atoms with Crippen LogP contribution in [0.25, 0.3) is 16.7 Å². The Balaban J connectivity index is 0.00000100. The lowest BCUT2D eigenvalue weighted by Gasteiger charge is -2.16. The quantitative estimate of drug-likeness (QED) is 0.706. The van der Waals surface area contributed by atoms with Crippen LogP contribution in [0.3, 0.4) is 0 Å². The van der Waals surface area contributed by atoms with E-state index in [-0.39, 0.29) is 5.56 Å². The average Bonchev–Trinajstić information content (AvgIpc) is 2.58. The maximum Gasteiger partial charge on any atom is 0.267 e. The molecule has 3 aromatic rings. The summed E-state index contributed by atoms with van der Waals surface area (Å²) in [6, 6.07) is 7.91. The average molecular weight is 323 g/mol. The second-order valence-corrected chi connectivity index (χ2v) is 5.65. The van der Waals surface area contributed by atoms with Gasteiger partial charge in [0, 0.05) is 12.6 Å². The van der Waals surface area contributed by atoms with Crippen LogP contribution in [-0.4, -0.2) is 14.5 Å². The third-order valence-electron chi connectivity index (χ3n) is 3.91. The zero-order valence-corrected chi connectivity index (χ0v) is 15.3. The van der Waals surface area contributed by atoms with Crippen LogP contribution in [0.15, 0.2) is 35.3 Å². The van der Waals surface area contributed by atoms with Gasteiger partial charge in [0.1, 0.15) is 5.82 Å². The van der Waals surface area contributed by atoms with E-state index in [4.69, 9.17) is 0 Å². The molecular formula is C20H25N3O. The van der Waals surface area contributed by atoms with Crippen LogP contribution in [0.5, 0.6) is 0 Å². The van der Waals surface area contributed by atoms with Crippen molar-refractivity contribution in [2.24, 2.45) is 0 Å². The molecule has 24 heavy (non-hydrogen) atoms. The summed E-state index contributed by atoms with van der Waals surface area (Å²) in [7, 11) is 0. The number of aryl methyl sites for hydroxylation is 4. The standard InChI is InChI=1S/C18H19N3O.C2H6/c1-5-15-20-17-14(9-11(2)10-19-17)18(22)21(15)16-12(3)7-6-8-13(16)4;1-2/h6-10H,5H2,1-4H3;1-2H3. The van der Waals surface area contributed by atoms with Gasteiger partial charge in [-0.25, -0.2) is 9.97 Å². The molecule has 0 fully saturated rings. The first-order valence-electron chi connectivity index (χ1n) is 8.47. The van der Waals surface area contributed by atoms with Gasteiger partial charge in [0.05, 0.1) is 11.1 Å². The Kier molecular flexibility index (Phi) is 5.50. The third kappa shape index (κ3) is 3.09. The lowest BCUT2D eigenvalue weighted by Crippen LogP contribution is -2.25. The summed E-state index contributed by atoms with van der Waals surface area (Å²) in [6.45, 7) is 12.0. The highest BCUT2D eigenvalue weighted by Crippen LogP contribution is 2.20. The normalized spacial score (nSPS) is 10.4. The molecule has 0 saturated carbocycles. The van der Waals surface area contributed by atoms with Crippen molar-refractivity contribution in [3.63, 3.8) is 0 Å². The first-order valence-corrected chi connectivity index (χ1v) is 8.47. The molecule has 0 saturated heterocycles. The summed E-state index contributed by atoms with van der Waals surface area (Å²) in [4.78, 5) is 22.0. The summed E-state index contributed by atoms with van der Waals surface area (Å²) in [5.74, 6) is 0.742. The SMILES string of the molecule is CC.CCc1nc2ncc(C)cc2c(=O)n1-c1c(C)cccc1C. The van der Waals surface area contributed by atoms with Gasteiger partial charge in [-0.2, -0.15) is 0 Å². The molecular weight excluding hydrogens is 298 g/mol. The summed E-state index contributed by atoms with van der Waals surface area (Å²) < 4.78 is 1.74. The van der Waals surface area contributed by atoms with Crippen molar-refractivity contribution < 1.29 is 0 Å². The van der Waals surface area contributed by atoms with Crippen LogP contribution in [0.1, 0.15) is 43.3 Å². The van der Waals surface area contributed by atoms with E-state index in [9.17, 15) is 4.79 Å². The summed E-state index contributed by atoms with van der Waals surface area (Å²) in [5, 5.41) is 0.569. The number of nitrogens with zero attached hydrogens (tertiary/aromatic N) is 3. The number of aromatic nitrogens is 3. The van der Waals surface area contributed by atoms with Crippen molar-refractivity contribution >= 4 is 11.0 Å². The van der Waals surface area contributed by atoms with Gasteiger partial charge >= 0.3 is 0 Å². The molecule has 4 nitrogen and oxygen atoms in total. The second kappa shape index (κ2) is 7.39. The fraction of sp³-hybridized carbons (Fsp3) is 0.350. The number of hydrogen-bond acceptors (Lipinski definition) is 3. The predicted octanol–water partition coefficient (Wildman–Crippen LogP) is 4.29. The summed E-state index contributed by atoms with van der Waals surface area (Å²) >= 11 is 0. The molecule has 0 atom stereocenters. The molecule has 1 aromatic carbocycles. The third-order valence-corrected chi connectivity index (χ3v) is 3.91. The molecule has 126 valence electrons. The van der Waals surface area contributed by atoms with Crippen LogP contribution in [0.2, 0.25) is 0 Å². The molecule has 3 rings (SSSR count). The topological polar surface area (TPSA) is 47.8 Å². The minimum absolute atomic E-state index is 0.0459. The lowest BCUT2D eigenvalue weighted by atomic mass is 10.1. The monoisotopic (exact) mass is 323 g/mol. The fourth-order valence-corrected chi connectivity index (χ4v) is 2.84.